The summed E-state index contributed by atoms with van der Waals surface area (Å²) in [5, 5.41) is 1.94. The number of amides is 1. The van der Waals surface area contributed by atoms with Crippen molar-refractivity contribution < 1.29 is 4.79 Å². The molecule has 0 aliphatic carbocycles. The molecule has 2 N–H and O–H groups in total. The van der Waals surface area contributed by atoms with Crippen molar-refractivity contribution in [2.75, 3.05) is 0 Å². The molecule has 0 atom stereocenters. The van der Waals surface area contributed by atoms with Crippen LogP contribution in [0.3, 0.4) is 0 Å². The van der Waals surface area contributed by atoms with Crippen LogP contribution in [0.25, 0.3) is 0 Å². The third kappa shape index (κ3) is 1.04. The first-order valence-corrected chi connectivity index (χ1v) is 3.85. The van der Waals surface area contributed by atoms with E-state index in [0.29, 0.717) is 5.56 Å². The minimum Gasteiger partial charge on any atom is -0.366 e. The minimum absolute atomic E-state index is 0.323. The standard InChI is InChI=1S/C7H9NOS/c1-4-3-10-5(2)6(4)7(8)9/h3H,1-2H3,(H2,8,9). The monoisotopic (exact) mass is 155 g/mol. The molecule has 1 amide bonds. The molecule has 1 heterocycles. The van der Waals surface area contributed by atoms with Gasteiger partial charge < -0.3 is 5.73 Å². The van der Waals surface area contributed by atoms with Crippen LogP contribution in [-0.2, 0) is 0 Å². The summed E-state index contributed by atoms with van der Waals surface area (Å²) in [5.74, 6) is -0.323. The first-order valence-electron chi connectivity index (χ1n) is 2.97. The molecular formula is C7H9NOS. The quantitative estimate of drug-likeness (QED) is 0.655. The summed E-state index contributed by atoms with van der Waals surface area (Å²) < 4.78 is 0. The summed E-state index contributed by atoms with van der Waals surface area (Å²) in [5.41, 5.74) is 6.79. The van der Waals surface area contributed by atoms with E-state index in [4.69, 9.17) is 5.73 Å². The highest BCUT2D eigenvalue weighted by atomic mass is 32.1. The summed E-state index contributed by atoms with van der Waals surface area (Å²) in [6.07, 6.45) is 0. The van der Waals surface area contributed by atoms with E-state index in [-0.39, 0.29) is 5.91 Å². The molecule has 54 valence electrons. The molecule has 0 fully saturated rings. The second-order valence-electron chi connectivity index (χ2n) is 2.21. The van der Waals surface area contributed by atoms with Gasteiger partial charge in [-0.2, -0.15) is 0 Å². The van der Waals surface area contributed by atoms with Crippen LogP contribution < -0.4 is 5.73 Å². The van der Waals surface area contributed by atoms with Crippen LogP contribution in [0.1, 0.15) is 20.8 Å². The maximum Gasteiger partial charge on any atom is 0.250 e. The number of aryl methyl sites for hydroxylation is 2. The Kier molecular flexibility index (Phi) is 1.76. The van der Waals surface area contributed by atoms with Gasteiger partial charge in [0.15, 0.2) is 0 Å². The summed E-state index contributed by atoms with van der Waals surface area (Å²) in [6, 6.07) is 0. The van der Waals surface area contributed by atoms with Gasteiger partial charge in [-0.1, -0.05) is 0 Å². The number of carbonyl (C=O) groups excluding carboxylic acids is 1. The van der Waals surface area contributed by atoms with E-state index in [1.165, 1.54) is 0 Å². The lowest BCUT2D eigenvalue weighted by atomic mass is 10.2. The Morgan fingerprint density at radius 2 is 2.20 bits per heavy atom. The first-order chi connectivity index (χ1) is 4.63. The second kappa shape index (κ2) is 2.42. The third-order valence-corrected chi connectivity index (χ3v) is 2.43. The minimum atomic E-state index is -0.323. The molecule has 1 aromatic rings. The van der Waals surface area contributed by atoms with Crippen molar-refractivity contribution in [2.45, 2.75) is 13.8 Å². The highest BCUT2D eigenvalue weighted by molar-refractivity contribution is 7.10. The summed E-state index contributed by atoms with van der Waals surface area (Å²) in [7, 11) is 0. The largest absolute Gasteiger partial charge is 0.366 e. The van der Waals surface area contributed by atoms with Gasteiger partial charge in [0.2, 0.25) is 5.91 Å². The molecule has 0 radical (unpaired) electrons. The van der Waals surface area contributed by atoms with Gasteiger partial charge in [0.05, 0.1) is 5.56 Å². The Labute approximate surface area is 63.7 Å². The van der Waals surface area contributed by atoms with Gasteiger partial charge in [0.1, 0.15) is 0 Å². The van der Waals surface area contributed by atoms with Gasteiger partial charge in [0, 0.05) is 4.88 Å². The van der Waals surface area contributed by atoms with Crippen LogP contribution in [0, 0.1) is 13.8 Å². The zero-order chi connectivity index (χ0) is 7.72. The van der Waals surface area contributed by atoms with Crippen LogP contribution in [0.5, 0.6) is 0 Å². The first kappa shape index (κ1) is 7.28. The maximum absolute atomic E-state index is 10.7. The van der Waals surface area contributed by atoms with Crippen molar-refractivity contribution in [2.24, 2.45) is 5.73 Å². The molecular weight excluding hydrogens is 146 g/mol. The number of rotatable bonds is 1. The lowest BCUT2D eigenvalue weighted by Crippen LogP contribution is -2.12. The molecule has 0 unspecified atom stereocenters. The van der Waals surface area contributed by atoms with Crippen molar-refractivity contribution >= 4 is 17.2 Å². The predicted molar refractivity (Wildman–Crippen MR) is 42.3 cm³/mol. The lowest BCUT2D eigenvalue weighted by Gasteiger charge is -1.92. The number of carbonyl (C=O) groups is 1. The zero-order valence-electron chi connectivity index (χ0n) is 5.97. The highest BCUT2D eigenvalue weighted by Crippen LogP contribution is 2.19. The smallest absolute Gasteiger partial charge is 0.250 e. The summed E-state index contributed by atoms with van der Waals surface area (Å²) in [4.78, 5) is 11.7. The second-order valence-corrected chi connectivity index (χ2v) is 3.30. The molecule has 0 saturated heterocycles. The molecule has 0 saturated carbocycles. The topological polar surface area (TPSA) is 43.1 Å². The zero-order valence-corrected chi connectivity index (χ0v) is 6.79. The Balaban J connectivity index is 3.23. The van der Waals surface area contributed by atoms with Gasteiger partial charge in [-0.3, -0.25) is 4.79 Å². The Hall–Kier alpha value is -0.830. The van der Waals surface area contributed by atoms with Crippen LogP contribution in [-0.4, -0.2) is 5.91 Å². The van der Waals surface area contributed by atoms with Gasteiger partial charge in [-0.25, -0.2) is 0 Å². The van der Waals surface area contributed by atoms with Gasteiger partial charge in [-0.05, 0) is 24.8 Å². The van der Waals surface area contributed by atoms with E-state index >= 15 is 0 Å². The Morgan fingerprint density at radius 3 is 2.40 bits per heavy atom. The van der Waals surface area contributed by atoms with Crippen molar-refractivity contribution in [3.8, 4) is 0 Å². The fourth-order valence-corrected chi connectivity index (χ4v) is 1.79. The molecule has 0 aliphatic rings. The van der Waals surface area contributed by atoms with Crippen LogP contribution in [0.15, 0.2) is 5.38 Å². The fraction of sp³-hybridized carbons (Fsp3) is 0.286. The number of hydrogen-bond donors (Lipinski definition) is 1. The molecule has 1 aromatic heterocycles. The SMILES string of the molecule is Cc1csc(C)c1C(N)=O. The summed E-state index contributed by atoms with van der Waals surface area (Å²) >= 11 is 1.56. The molecule has 0 bridgehead atoms. The van der Waals surface area contributed by atoms with Gasteiger partial charge in [-0.15, -0.1) is 11.3 Å². The lowest BCUT2D eigenvalue weighted by molar-refractivity contribution is 0.0999. The van der Waals surface area contributed by atoms with Crippen LogP contribution >= 0.6 is 11.3 Å². The number of primary amides is 1. The number of hydrogen-bond acceptors (Lipinski definition) is 2. The van der Waals surface area contributed by atoms with Gasteiger partial charge >= 0.3 is 0 Å². The van der Waals surface area contributed by atoms with E-state index in [0.717, 1.165) is 10.4 Å². The molecule has 0 aromatic carbocycles. The Morgan fingerprint density at radius 1 is 1.60 bits per heavy atom. The fourth-order valence-electron chi connectivity index (χ4n) is 0.940. The van der Waals surface area contributed by atoms with E-state index in [1.54, 1.807) is 11.3 Å². The molecule has 0 spiro atoms. The third-order valence-electron chi connectivity index (χ3n) is 1.41. The Bertz CT molecular complexity index is 245. The molecule has 3 heteroatoms. The average Bonchev–Trinajstić information content (AvgIpc) is 2.11. The highest BCUT2D eigenvalue weighted by Gasteiger charge is 2.08. The van der Waals surface area contributed by atoms with Gasteiger partial charge in [0.25, 0.3) is 0 Å². The maximum atomic E-state index is 10.7. The molecule has 1 rings (SSSR count). The average molecular weight is 155 g/mol. The summed E-state index contributed by atoms with van der Waals surface area (Å²) in [6.45, 7) is 3.79. The number of nitrogens with two attached hydrogens (primary N) is 1. The van der Waals surface area contributed by atoms with Crippen molar-refractivity contribution in [3.05, 3.63) is 21.4 Å². The van der Waals surface area contributed by atoms with E-state index in [9.17, 15) is 4.79 Å². The van der Waals surface area contributed by atoms with Crippen molar-refractivity contribution in [1.29, 1.82) is 0 Å². The molecule has 10 heavy (non-hydrogen) atoms. The van der Waals surface area contributed by atoms with E-state index < -0.39 is 0 Å². The van der Waals surface area contributed by atoms with E-state index in [2.05, 4.69) is 0 Å². The molecule has 0 aliphatic heterocycles. The van der Waals surface area contributed by atoms with E-state index in [1.807, 2.05) is 19.2 Å². The molecule has 2 nitrogen and oxygen atoms in total. The van der Waals surface area contributed by atoms with Crippen molar-refractivity contribution in [1.82, 2.24) is 0 Å². The van der Waals surface area contributed by atoms with Crippen LogP contribution in [0.2, 0.25) is 0 Å². The predicted octanol–water partition coefficient (Wildman–Crippen LogP) is 1.46. The normalized spacial score (nSPS) is 9.80. The van der Waals surface area contributed by atoms with Crippen LogP contribution in [0.4, 0.5) is 0 Å². The van der Waals surface area contributed by atoms with Crippen molar-refractivity contribution in [3.63, 3.8) is 0 Å². The number of thiophene rings is 1.